The van der Waals surface area contributed by atoms with E-state index in [0.29, 0.717) is 19.4 Å². The number of likely N-dealkylation sites (tertiary alicyclic amines) is 1. The van der Waals surface area contributed by atoms with Gasteiger partial charge in [0.15, 0.2) is 0 Å². The summed E-state index contributed by atoms with van der Waals surface area (Å²) < 4.78 is 0. The summed E-state index contributed by atoms with van der Waals surface area (Å²) in [5, 5.41) is 10.4. The van der Waals surface area contributed by atoms with Crippen molar-refractivity contribution in [1.29, 1.82) is 0 Å². The van der Waals surface area contributed by atoms with Gasteiger partial charge in [-0.25, -0.2) is 4.79 Å². The number of hydrogen-bond donors (Lipinski definition) is 2. The number of nitrogens with zero attached hydrogens (tertiary/aromatic N) is 1. The van der Waals surface area contributed by atoms with Gasteiger partial charge in [-0.1, -0.05) is 18.2 Å². The monoisotopic (exact) mass is 314 g/mol. The van der Waals surface area contributed by atoms with Crippen molar-refractivity contribution in [3.8, 4) is 0 Å². The predicted octanol–water partition coefficient (Wildman–Crippen LogP) is 2.96. The Morgan fingerprint density at radius 3 is 2.91 bits per heavy atom. The Morgan fingerprint density at radius 1 is 1.26 bits per heavy atom. The molecule has 23 heavy (non-hydrogen) atoms. The van der Waals surface area contributed by atoms with Crippen molar-refractivity contribution in [2.75, 3.05) is 6.54 Å². The molecule has 1 aromatic heterocycles. The minimum atomic E-state index is -0.880. The van der Waals surface area contributed by atoms with E-state index in [1.54, 1.807) is 4.90 Å². The second-order valence-electron chi connectivity index (χ2n) is 6.15. The van der Waals surface area contributed by atoms with Gasteiger partial charge < -0.3 is 15.0 Å². The summed E-state index contributed by atoms with van der Waals surface area (Å²) in [7, 11) is 0. The molecule has 1 aliphatic heterocycles. The van der Waals surface area contributed by atoms with E-state index < -0.39 is 12.0 Å². The molecule has 5 heteroatoms. The summed E-state index contributed by atoms with van der Waals surface area (Å²) >= 11 is 0. The molecule has 122 valence electrons. The molecule has 2 aromatic rings. The van der Waals surface area contributed by atoms with Crippen LogP contribution in [-0.4, -0.2) is 39.5 Å². The van der Waals surface area contributed by atoms with E-state index in [1.165, 1.54) is 10.9 Å². The van der Waals surface area contributed by atoms with E-state index in [9.17, 15) is 14.7 Å². The third-order valence-corrected chi connectivity index (χ3v) is 4.62. The predicted molar refractivity (Wildman–Crippen MR) is 88.2 cm³/mol. The van der Waals surface area contributed by atoms with E-state index in [2.05, 4.69) is 11.1 Å². The smallest absolute Gasteiger partial charge is 0.326 e. The fourth-order valence-electron chi connectivity index (χ4n) is 3.40. The summed E-state index contributed by atoms with van der Waals surface area (Å²) in [4.78, 5) is 28.4. The maximum atomic E-state index is 12.4. The minimum absolute atomic E-state index is 0.0306. The molecule has 5 nitrogen and oxygen atoms in total. The van der Waals surface area contributed by atoms with Gasteiger partial charge in [-0.3, -0.25) is 4.79 Å². The van der Waals surface area contributed by atoms with Crippen molar-refractivity contribution < 1.29 is 14.7 Å². The van der Waals surface area contributed by atoms with Crippen molar-refractivity contribution in [1.82, 2.24) is 9.88 Å². The molecule has 1 amide bonds. The maximum Gasteiger partial charge on any atom is 0.326 e. The maximum absolute atomic E-state index is 12.4. The third kappa shape index (κ3) is 3.38. The molecule has 1 aromatic carbocycles. The van der Waals surface area contributed by atoms with E-state index in [1.807, 2.05) is 24.4 Å². The molecule has 0 radical (unpaired) electrons. The van der Waals surface area contributed by atoms with Crippen LogP contribution in [0, 0.1) is 0 Å². The molecular weight excluding hydrogens is 292 g/mol. The van der Waals surface area contributed by atoms with Crippen LogP contribution in [0.1, 0.15) is 37.7 Å². The summed E-state index contributed by atoms with van der Waals surface area (Å²) in [5.41, 5.74) is 2.32. The minimum Gasteiger partial charge on any atom is -0.480 e. The summed E-state index contributed by atoms with van der Waals surface area (Å²) in [5.74, 6) is -0.911. The number of piperidine rings is 1. The Balaban J connectivity index is 1.57. The number of nitrogens with one attached hydrogen (secondary N) is 1. The molecular formula is C18H22N2O3. The zero-order chi connectivity index (χ0) is 16.2. The van der Waals surface area contributed by atoms with E-state index in [-0.39, 0.29) is 5.91 Å². The normalized spacial score (nSPS) is 18.3. The average molecular weight is 314 g/mol. The van der Waals surface area contributed by atoms with Gasteiger partial charge in [0, 0.05) is 30.1 Å². The summed E-state index contributed by atoms with van der Waals surface area (Å²) in [6.45, 7) is 0.572. The number of para-hydroxylation sites is 1. The first-order valence-electron chi connectivity index (χ1n) is 8.24. The number of aryl methyl sites for hydroxylation is 1. The number of carbonyl (C=O) groups is 2. The molecule has 1 atom stereocenters. The fourth-order valence-corrected chi connectivity index (χ4v) is 3.40. The zero-order valence-electron chi connectivity index (χ0n) is 13.1. The number of rotatable bonds is 5. The number of hydrogen-bond acceptors (Lipinski definition) is 2. The van der Waals surface area contributed by atoms with Crippen LogP contribution in [0.5, 0.6) is 0 Å². The lowest BCUT2D eigenvalue weighted by Crippen LogP contribution is -2.47. The SMILES string of the molecule is O=C(O)C1CCCCN1C(=O)CCCc1c[nH]c2ccccc12. The number of carboxylic acids is 1. The highest BCUT2D eigenvalue weighted by Crippen LogP contribution is 2.21. The van der Waals surface area contributed by atoms with Gasteiger partial charge >= 0.3 is 5.97 Å². The molecule has 0 bridgehead atoms. The van der Waals surface area contributed by atoms with Gasteiger partial charge in [0.2, 0.25) is 5.91 Å². The van der Waals surface area contributed by atoms with Crippen molar-refractivity contribution in [3.05, 3.63) is 36.0 Å². The molecule has 2 heterocycles. The Hall–Kier alpha value is -2.30. The third-order valence-electron chi connectivity index (χ3n) is 4.62. The van der Waals surface area contributed by atoms with Crippen molar-refractivity contribution in [2.45, 2.75) is 44.6 Å². The lowest BCUT2D eigenvalue weighted by Gasteiger charge is -2.33. The number of carboxylic acid groups (broad SMARTS) is 1. The van der Waals surface area contributed by atoms with Crippen LogP contribution >= 0.6 is 0 Å². The molecule has 0 spiro atoms. The van der Waals surface area contributed by atoms with Crippen LogP contribution < -0.4 is 0 Å². The quantitative estimate of drug-likeness (QED) is 0.891. The van der Waals surface area contributed by atoms with Crippen LogP contribution in [0.4, 0.5) is 0 Å². The number of fused-ring (bicyclic) bond motifs is 1. The fraction of sp³-hybridized carbons (Fsp3) is 0.444. The van der Waals surface area contributed by atoms with Crippen LogP contribution in [0.25, 0.3) is 10.9 Å². The van der Waals surface area contributed by atoms with Crippen molar-refractivity contribution in [2.24, 2.45) is 0 Å². The van der Waals surface area contributed by atoms with Crippen molar-refractivity contribution >= 4 is 22.8 Å². The molecule has 1 saturated heterocycles. The van der Waals surface area contributed by atoms with Crippen LogP contribution in [0.15, 0.2) is 30.5 Å². The second-order valence-corrected chi connectivity index (χ2v) is 6.15. The van der Waals surface area contributed by atoms with E-state index >= 15 is 0 Å². The van der Waals surface area contributed by atoms with Gasteiger partial charge in [-0.2, -0.15) is 0 Å². The molecule has 1 aliphatic rings. The standard InChI is InChI=1S/C18H22N2O3/c21-17(20-11-4-3-9-16(20)18(22)23)10-5-6-13-12-19-15-8-2-1-7-14(13)15/h1-2,7-8,12,16,19H,3-6,9-11H2,(H,22,23). The number of aromatic amines is 1. The Kier molecular flexibility index (Phi) is 4.65. The summed E-state index contributed by atoms with van der Waals surface area (Å²) in [6.07, 6.45) is 6.32. The van der Waals surface area contributed by atoms with Gasteiger partial charge in [0.05, 0.1) is 0 Å². The molecule has 2 N–H and O–H groups in total. The Bertz CT molecular complexity index is 707. The van der Waals surface area contributed by atoms with Gasteiger partial charge in [0.25, 0.3) is 0 Å². The highest BCUT2D eigenvalue weighted by atomic mass is 16.4. The van der Waals surface area contributed by atoms with Crippen LogP contribution in [0.2, 0.25) is 0 Å². The lowest BCUT2D eigenvalue weighted by atomic mass is 10.0. The molecule has 3 rings (SSSR count). The Labute approximate surface area is 135 Å². The van der Waals surface area contributed by atoms with Crippen LogP contribution in [0.3, 0.4) is 0 Å². The first kappa shape index (κ1) is 15.6. The number of benzene rings is 1. The molecule has 1 fully saturated rings. The molecule has 0 aliphatic carbocycles. The van der Waals surface area contributed by atoms with Gasteiger partial charge in [0.1, 0.15) is 6.04 Å². The highest BCUT2D eigenvalue weighted by molar-refractivity contribution is 5.84. The summed E-state index contributed by atoms with van der Waals surface area (Å²) in [6, 6.07) is 7.48. The highest BCUT2D eigenvalue weighted by Gasteiger charge is 2.31. The Morgan fingerprint density at radius 2 is 2.09 bits per heavy atom. The van der Waals surface area contributed by atoms with Gasteiger partial charge in [-0.15, -0.1) is 0 Å². The number of aliphatic carboxylic acids is 1. The number of carbonyl (C=O) groups excluding carboxylic acids is 1. The van der Waals surface area contributed by atoms with E-state index in [4.69, 9.17) is 0 Å². The first-order chi connectivity index (χ1) is 11.2. The van der Waals surface area contributed by atoms with E-state index in [0.717, 1.165) is 31.2 Å². The number of aromatic nitrogens is 1. The lowest BCUT2D eigenvalue weighted by molar-refractivity contribution is -0.152. The van der Waals surface area contributed by atoms with Gasteiger partial charge in [-0.05, 0) is 43.7 Å². The van der Waals surface area contributed by atoms with Crippen LogP contribution in [-0.2, 0) is 16.0 Å². The largest absolute Gasteiger partial charge is 0.480 e. The first-order valence-corrected chi connectivity index (χ1v) is 8.24. The number of H-pyrrole nitrogens is 1. The topological polar surface area (TPSA) is 73.4 Å². The second kappa shape index (κ2) is 6.86. The average Bonchev–Trinajstić information content (AvgIpc) is 2.98. The molecule has 0 saturated carbocycles. The van der Waals surface area contributed by atoms with Crippen molar-refractivity contribution in [3.63, 3.8) is 0 Å². The zero-order valence-corrected chi connectivity index (χ0v) is 13.1. The molecule has 1 unspecified atom stereocenters. The number of amides is 1.